The Morgan fingerprint density at radius 2 is 2.12 bits per heavy atom. The number of aryl methyl sites for hydroxylation is 2. The van der Waals surface area contributed by atoms with E-state index >= 15 is 0 Å². The molecule has 3 N–H and O–H groups in total. The SMILES string of the molecule is Cc1ccc2[nH]c3c(c2c1)CCC(NC(=O)Nc1cccc(Cl)c1)C3. The lowest BCUT2D eigenvalue weighted by molar-refractivity contribution is 0.247. The van der Waals surface area contributed by atoms with Crippen LogP contribution in [0.5, 0.6) is 0 Å². The van der Waals surface area contributed by atoms with Crippen molar-refractivity contribution in [2.75, 3.05) is 5.32 Å². The van der Waals surface area contributed by atoms with Gasteiger partial charge in [-0.05, 0) is 55.7 Å². The lowest BCUT2D eigenvalue weighted by atomic mass is 9.91. The van der Waals surface area contributed by atoms with E-state index in [-0.39, 0.29) is 12.1 Å². The van der Waals surface area contributed by atoms with Gasteiger partial charge in [0.05, 0.1) is 0 Å². The molecule has 25 heavy (non-hydrogen) atoms. The molecule has 0 fully saturated rings. The predicted octanol–water partition coefficient (Wildman–Crippen LogP) is 4.81. The number of rotatable bonds is 2. The van der Waals surface area contributed by atoms with Gasteiger partial charge in [0.15, 0.2) is 0 Å². The minimum Gasteiger partial charge on any atom is -0.358 e. The third-order valence-electron chi connectivity index (χ3n) is 4.76. The number of H-pyrrole nitrogens is 1. The second-order valence-corrected chi connectivity index (χ2v) is 7.12. The molecule has 0 spiro atoms. The van der Waals surface area contributed by atoms with E-state index in [0.717, 1.165) is 19.3 Å². The van der Waals surface area contributed by atoms with Crippen LogP contribution in [0, 0.1) is 6.92 Å². The van der Waals surface area contributed by atoms with Crippen LogP contribution in [0.15, 0.2) is 42.5 Å². The predicted molar refractivity (Wildman–Crippen MR) is 102 cm³/mol. The summed E-state index contributed by atoms with van der Waals surface area (Å²) in [6, 6.07) is 13.6. The molecule has 0 saturated carbocycles. The van der Waals surface area contributed by atoms with Gasteiger partial charge >= 0.3 is 6.03 Å². The van der Waals surface area contributed by atoms with Crippen LogP contribution in [-0.2, 0) is 12.8 Å². The molecule has 3 aromatic rings. The van der Waals surface area contributed by atoms with Crippen LogP contribution >= 0.6 is 11.6 Å². The summed E-state index contributed by atoms with van der Waals surface area (Å²) >= 11 is 5.95. The minimum absolute atomic E-state index is 0.126. The van der Waals surface area contributed by atoms with Crippen molar-refractivity contribution in [3.05, 3.63) is 64.3 Å². The van der Waals surface area contributed by atoms with Crippen molar-refractivity contribution >= 4 is 34.2 Å². The summed E-state index contributed by atoms with van der Waals surface area (Å²) in [7, 11) is 0. The Kier molecular flexibility index (Phi) is 4.14. The smallest absolute Gasteiger partial charge is 0.319 e. The Morgan fingerprint density at radius 1 is 1.24 bits per heavy atom. The minimum atomic E-state index is -0.192. The maximum atomic E-state index is 12.2. The maximum absolute atomic E-state index is 12.2. The molecule has 0 saturated heterocycles. The van der Waals surface area contributed by atoms with E-state index < -0.39 is 0 Å². The summed E-state index contributed by atoms with van der Waals surface area (Å²) in [6.45, 7) is 2.12. The van der Waals surface area contributed by atoms with Crippen LogP contribution in [0.25, 0.3) is 10.9 Å². The van der Waals surface area contributed by atoms with Crippen molar-refractivity contribution in [2.24, 2.45) is 0 Å². The summed E-state index contributed by atoms with van der Waals surface area (Å²) in [5, 5.41) is 7.84. The zero-order valence-electron chi connectivity index (χ0n) is 14.0. The average Bonchev–Trinajstić information content (AvgIpc) is 2.91. The highest BCUT2D eigenvalue weighted by Crippen LogP contribution is 2.30. The number of aromatic amines is 1. The zero-order valence-corrected chi connectivity index (χ0v) is 14.8. The molecular formula is C20H20ClN3O. The van der Waals surface area contributed by atoms with Gasteiger partial charge in [0, 0.05) is 39.8 Å². The highest BCUT2D eigenvalue weighted by atomic mass is 35.5. The van der Waals surface area contributed by atoms with E-state index in [1.54, 1.807) is 12.1 Å². The Labute approximate surface area is 151 Å². The molecule has 2 amide bonds. The van der Waals surface area contributed by atoms with Gasteiger partial charge in [-0.1, -0.05) is 29.3 Å². The van der Waals surface area contributed by atoms with Crippen molar-refractivity contribution in [1.82, 2.24) is 10.3 Å². The third kappa shape index (κ3) is 3.35. The van der Waals surface area contributed by atoms with E-state index in [1.807, 2.05) is 12.1 Å². The van der Waals surface area contributed by atoms with Gasteiger partial charge in [-0.15, -0.1) is 0 Å². The molecule has 1 aliphatic rings. The van der Waals surface area contributed by atoms with Crippen molar-refractivity contribution in [3.8, 4) is 0 Å². The Bertz CT molecular complexity index is 947. The molecule has 1 heterocycles. The molecule has 128 valence electrons. The summed E-state index contributed by atoms with van der Waals surface area (Å²) in [4.78, 5) is 15.8. The number of carbonyl (C=O) groups excluding carboxylic acids is 1. The van der Waals surface area contributed by atoms with Gasteiger partial charge in [-0.2, -0.15) is 0 Å². The highest BCUT2D eigenvalue weighted by molar-refractivity contribution is 6.30. The number of hydrogen-bond donors (Lipinski definition) is 3. The number of anilines is 1. The molecule has 0 aliphatic heterocycles. The molecule has 5 heteroatoms. The molecule has 4 nitrogen and oxygen atoms in total. The zero-order chi connectivity index (χ0) is 17.4. The van der Waals surface area contributed by atoms with Crippen LogP contribution in [-0.4, -0.2) is 17.1 Å². The first kappa shape index (κ1) is 16.0. The first-order chi connectivity index (χ1) is 12.1. The number of aromatic nitrogens is 1. The maximum Gasteiger partial charge on any atom is 0.319 e. The second-order valence-electron chi connectivity index (χ2n) is 6.68. The van der Waals surface area contributed by atoms with Crippen LogP contribution in [0.2, 0.25) is 5.02 Å². The number of amides is 2. The fraction of sp³-hybridized carbons (Fsp3) is 0.250. The topological polar surface area (TPSA) is 56.9 Å². The van der Waals surface area contributed by atoms with E-state index in [1.165, 1.54) is 27.7 Å². The van der Waals surface area contributed by atoms with Gasteiger partial charge in [-0.25, -0.2) is 4.79 Å². The standard InChI is InChI=1S/C20H20ClN3O/c1-12-5-8-18-17(9-12)16-7-6-15(11-19(16)24-18)23-20(25)22-14-4-2-3-13(21)10-14/h2-5,8-10,15,24H,6-7,11H2,1H3,(H2,22,23,25). The number of benzene rings is 2. The fourth-order valence-electron chi connectivity index (χ4n) is 3.59. The Hall–Kier alpha value is -2.46. The highest BCUT2D eigenvalue weighted by Gasteiger charge is 2.23. The Balaban J connectivity index is 1.45. The number of hydrogen-bond acceptors (Lipinski definition) is 1. The summed E-state index contributed by atoms with van der Waals surface area (Å²) in [5.41, 5.74) is 5.78. The summed E-state index contributed by atoms with van der Waals surface area (Å²) < 4.78 is 0. The Morgan fingerprint density at radius 3 is 2.96 bits per heavy atom. The van der Waals surface area contributed by atoms with Gasteiger partial charge in [0.1, 0.15) is 0 Å². The first-order valence-corrected chi connectivity index (χ1v) is 8.89. The number of urea groups is 1. The van der Waals surface area contributed by atoms with Crippen LogP contribution in [0.3, 0.4) is 0 Å². The van der Waals surface area contributed by atoms with Crippen molar-refractivity contribution < 1.29 is 4.79 Å². The molecule has 1 unspecified atom stereocenters. The number of nitrogens with one attached hydrogen (secondary N) is 3. The largest absolute Gasteiger partial charge is 0.358 e. The molecule has 1 aromatic heterocycles. The summed E-state index contributed by atoms with van der Waals surface area (Å²) in [5.74, 6) is 0. The van der Waals surface area contributed by atoms with Gasteiger partial charge < -0.3 is 15.6 Å². The van der Waals surface area contributed by atoms with E-state index in [0.29, 0.717) is 10.7 Å². The molecule has 1 atom stereocenters. The van der Waals surface area contributed by atoms with Gasteiger partial charge in [0.2, 0.25) is 0 Å². The molecule has 2 aromatic carbocycles. The lowest BCUT2D eigenvalue weighted by Gasteiger charge is -2.23. The van der Waals surface area contributed by atoms with Crippen LogP contribution in [0.1, 0.15) is 23.2 Å². The molecule has 0 radical (unpaired) electrons. The monoisotopic (exact) mass is 353 g/mol. The number of halogens is 1. The van der Waals surface area contributed by atoms with Gasteiger partial charge in [-0.3, -0.25) is 0 Å². The van der Waals surface area contributed by atoms with E-state index in [9.17, 15) is 4.79 Å². The molecule has 0 bridgehead atoms. The van der Waals surface area contributed by atoms with E-state index in [2.05, 4.69) is 40.7 Å². The fourth-order valence-corrected chi connectivity index (χ4v) is 3.78. The van der Waals surface area contributed by atoms with Gasteiger partial charge in [0.25, 0.3) is 0 Å². The van der Waals surface area contributed by atoms with Crippen LogP contribution < -0.4 is 10.6 Å². The van der Waals surface area contributed by atoms with Crippen molar-refractivity contribution in [3.63, 3.8) is 0 Å². The lowest BCUT2D eigenvalue weighted by Crippen LogP contribution is -2.41. The van der Waals surface area contributed by atoms with E-state index in [4.69, 9.17) is 11.6 Å². The average molecular weight is 354 g/mol. The number of fused-ring (bicyclic) bond motifs is 3. The van der Waals surface area contributed by atoms with Crippen molar-refractivity contribution in [1.29, 1.82) is 0 Å². The summed E-state index contributed by atoms with van der Waals surface area (Å²) in [6.07, 6.45) is 2.74. The van der Waals surface area contributed by atoms with Crippen LogP contribution in [0.4, 0.5) is 10.5 Å². The van der Waals surface area contributed by atoms with Crippen molar-refractivity contribution in [2.45, 2.75) is 32.2 Å². The second kappa shape index (κ2) is 6.45. The normalized spacial score (nSPS) is 16.5. The molecule has 4 rings (SSSR count). The molecule has 1 aliphatic carbocycles. The number of carbonyl (C=O) groups is 1. The molecular weight excluding hydrogens is 334 g/mol. The quantitative estimate of drug-likeness (QED) is 0.608. The third-order valence-corrected chi connectivity index (χ3v) is 5.00. The first-order valence-electron chi connectivity index (χ1n) is 8.51.